The van der Waals surface area contributed by atoms with Gasteiger partial charge in [0, 0.05) is 31.9 Å². The largest absolute Gasteiger partial charge is 0.478 e. The van der Waals surface area contributed by atoms with Gasteiger partial charge in [0.15, 0.2) is 0 Å². The molecule has 0 aromatic heterocycles. The van der Waals surface area contributed by atoms with E-state index in [9.17, 15) is 9.59 Å². The van der Waals surface area contributed by atoms with E-state index in [1.165, 1.54) is 6.08 Å². The Morgan fingerprint density at radius 3 is 2.76 bits per heavy atom. The van der Waals surface area contributed by atoms with Gasteiger partial charge in [-0.1, -0.05) is 19.1 Å². The third-order valence-corrected chi connectivity index (χ3v) is 2.94. The third kappa shape index (κ3) is 6.23. The van der Waals surface area contributed by atoms with Gasteiger partial charge in [-0.25, -0.2) is 4.79 Å². The summed E-state index contributed by atoms with van der Waals surface area (Å²) in [4.78, 5) is 22.5. The van der Waals surface area contributed by atoms with E-state index in [0.29, 0.717) is 18.7 Å². The van der Waals surface area contributed by atoms with Crippen molar-refractivity contribution in [1.29, 1.82) is 0 Å². The van der Waals surface area contributed by atoms with Crippen molar-refractivity contribution < 1.29 is 19.4 Å². The van der Waals surface area contributed by atoms with E-state index in [-0.39, 0.29) is 11.8 Å². The molecule has 1 aromatic carbocycles. The summed E-state index contributed by atoms with van der Waals surface area (Å²) < 4.78 is 5.01. The summed E-state index contributed by atoms with van der Waals surface area (Å²) in [5, 5.41) is 11.5. The number of carboxylic acid groups (broad SMARTS) is 1. The number of carboxylic acids is 1. The molecule has 1 unspecified atom stereocenters. The number of carbonyl (C=O) groups excluding carboxylic acids is 1. The van der Waals surface area contributed by atoms with Crippen LogP contribution in [0.2, 0.25) is 0 Å². The molecule has 0 aliphatic rings. The van der Waals surface area contributed by atoms with Crippen LogP contribution >= 0.6 is 0 Å². The van der Waals surface area contributed by atoms with Crippen LogP contribution in [0.5, 0.6) is 0 Å². The van der Waals surface area contributed by atoms with Gasteiger partial charge in [-0.3, -0.25) is 4.79 Å². The first kappa shape index (κ1) is 16.9. The van der Waals surface area contributed by atoms with E-state index in [0.717, 1.165) is 17.2 Å². The molecule has 0 bridgehead atoms. The predicted molar refractivity (Wildman–Crippen MR) is 82.1 cm³/mol. The second-order valence-corrected chi connectivity index (χ2v) is 5.06. The number of anilines is 1. The highest BCUT2D eigenvalue weighted by Gasteiger charge is 2.10. The quantitative estimate of drug-likeness (QED) is 0.757. The van der Waals surface area contributed by atoms with Gasteiger partial charge in [0.05, 0.1) is 0 Å². The topological polar surface area (TPSA) is 75.6 Å². The molecule has 2 N–H and O–H groups in total. The van der Waals surface area contributed by atoms with Crippen molar-refractivity contribution in [3.63, 3.8) is 0 Å². The van der Waals surface area contributed by atoms with Crippen LogP contribution in [0, 0.1) is 12.8 Å². The van der Waals surface area contributed by atoms with Crippen LogP contribution in [0.4, 0.5) is 5.69 Å². The summed E-state index contributed by atoms with van der Waals surface area (Å²) in [5.74, 6) is -0.943. The van der Waals surface area contributed by atoms with Gasteiger partial charge >= 0.3 is 5.97 Å². The minimum Gasteiger partial charge on any atom is -0.478 e. The SMILES string of the molecule is COCC(C)CC(=O)Nc1cc(/C=C/C(=O)O)ccc1C. The molecule has 1 rings (SSSR count). The highest BCUT2D eigenvalue weighted by molar-refractivity contribution is 5.92. The fourth-order valence-electron chi connectivity index (χ4n) is 1.91. The van der Waals surface area contributed by atoms with E-state index in [4.69, 9.17) is 9.84 Å². The van der Waals surface area contributed by atoms with E-state index in [2.05, 4.69) is 5.32 Å². The average molecular weight is 291 g/mol. The Balaban J connectivity index is 2.75. The normalized spacial score (nSPS) is 12.3. The lowest BCUT2D eigenvalue weighted by atomic mass is 10.1. The van der Waals surface area contributed by atoms with Crippen molar-refractivity contribution in [2.24, 2.45) is 5.92 Å². The molecular formula is C16H21NO4. The number of aliphatic carboxylic acids is 1. The standard InChI is InChI=1S/C16H21NO4/c1-11(10-21-3)8-15(18)17-14-9-13(5-4-12(14)2)6-7-16(19)20/h4-7,9,11H,8,10H2,1-3H3,(H,17,18)(H,19,20)/b7-6+. The number of hydrogen-bond donors (Lipinski definition) is 2. The Kier molecular flexibility index (Phi) is 6.62. The zero-order chi connectivity index (χ0) is 15.8. The fourth-order valence-corrected chi connectivity index (χ4v) is 1.91. The highest BCUT2D eigenvalue weighted by Crippen LogP contribution is 2.18. The molecule has 1 atom stereocenters. The van der Waals surface area contributed by atoms with Crippen molar-refractivity contribution in [3.05, 3.63) is 35.4 Å². The highest BCUT2D eigenvalue weighted by atomic mass is 16.5. The van der Waals surface area contributed by atoms with Gasteiger partial charge in [0.25, 0.3) is 0 Å². The molecule has 5 heteroatoms. The summed E-state index contributed by atoms with van der Waals surface area (Å²) in [6, 6.07) is 5.40. The van der Waals surface area contributed by atoms with Crippen LogP contribution in [0.25, 0.3) is 6.08 Å². The first-order valence-electron chi connectivity index (χ1n) is 6.72. The molecule has 0 saturated carbocycles. The molecule has 0 aliphatic heterocycles. The molecule has 0 saturated heterocycles. The Morgan fingerprint density at radius 1 is 1.43 bits per heavy atom. The molecule has 0 radical (unpaired) electrons. The molecular weight excluding hydrogens is 270 g/mol. The fraction of sp³-hybridized carbons (Fsp3) is 0.375. The van der Waals surface area contributed by atoms with E-state index >= 15 is 0 Å². The zero-order valence-corrected chi connectivity index (χ0v) is 12.6. The van der Waals surface area contributed by atoms with Crippen molar-refractivity contribution in [1.82, 2.24) is 0 Å². The number of benzene rings is 1. The van der Waals surface area contributed by atoms with Gasteiger partial charge in [-0.05, 0) is 36.1 Å². The molecule has 21 heavy (non-hydrogen) atoms. The second-order valence-electron chi connectivity index (χ2n) is 5.06. The molecule has 0 fully saturated rings. The molecule has 0 aliphatic carbocycles. The summed E-state index contributed by atoms with van der Waals surface area (Å²) in [6.45, 7) is 4.37. The van der Waals surface area contributed by atoms with Crippen molar-refractivity contribution in [2.45, 2.75) is 20.3 Å². The Bertz CT molecular complexity index is 537. The lowest BCUT2D eigenvalue weighted by molar-refractivity contribution is -0.131. The van der Waals surface area contributed by atoms with Crippen LogP contribution in [-0.2, 0) is 14.3 Å². The molecule has 5 nitrogen and oxygen atoms in total. The number of rotatable bonds is 7. The number of hydrogen-bond acceptors (Lipinski definition) is 3. The maximum atomic E-state index is 11.9. The molecule has 0 heterocycles. The van der Waals surface area contributed by atoms with Crippen LogP contribution in [0.15, 0.2) is 24.3 Å². The first-order valence-corrected chi connectivity index (χ1v) is 6.72. The Morgan fingerprint density at radius 2 is 2.14 bits per heavy atom. The van der Waals surface area contributed by atoms with Crippen LogP contribution in [-0.4, -0.2) is 30.7 Å². The van der Waals surface area contributed by atoms with Crippen LogP contribution in [0.1, 0.15) is 24.5 Å². The lowest BCUT2D eigenvalue weighted by Gasteiger charge is -2.12. The van der Waals surface area contributed by atoms with Crippen LogP contribution < -0.4 is 5.32 Å². The second kappa shape index (κ2) is 8.21. The summed E-state index contributed by atoms with van der Waals surface area (Å²) in [6.07, 6.45) is 2.93. The number of aryl methyl sites for hydroxylation is 1. The monoisotopic (exact) mass is 291 g/mol. The molecule has 1 amide bonds. The van der Waals surface area contributed by atoms with E-state index in [1.807, 2.05) is 19.9 Å². The van der Waals surface area contributed by atoms with Crippen molar-refractivity contribution in [2.75, 3.05) is 19.0 Å². The zero-order valence-electron chi connectivity index (χ0n) is 12.6. The predicted octanol–water partition coefficient (Wildman–Crippen LogP) is 2.70. The van der Waals surface area contributed by atoms with Crippen molar-refractivity contribution >= 4 is 23.6 Å². The minimum atomic E-state index is -1.01. The van der Waals surface area contributed by atoms with Gasteiger partial charge < -0.3 is 15.2 Å². The van der Waals surface area contributed by atoms with Gasteiger partial charge in [-0.15, -0.1) is 0 Å². The Labute approximate surface area is 124 Å². The maximum absolute atomic E-state index is 11.9. The van der Waals surface area contributed by atoms with Gasteiger partial charge in [0.2, 0.25) is 5.91 Å². The van der Waals surface area contributed by atoms with Crippen molar-refractivity contribution in [3.8, 4) is 0 Å². The number of amides is 1. The smallest absolute Gasteiger partial charge is 0.328 e. The first-order chi connectivity index (χ1) is 9.92. The van der Waals surface area contributed by atoms with Gasteiger partial charge in [0.1, 0.15) is 0 Å². The number of carbonyl (C=O) groups is 2. The molecule has 0 spiro atoms. The van der Waals surface area contributed by atoms with Gasteiger partial charge in [-0.2, -0.15) is 0 Å². The molecule has 114 valence electrons. The minimum absolute atomic E-state index is 0.0815. The number of ether oxygens (including phenoxy) is 1. The Hall–Kier alpha value is -2.14. The number of nitrogens with one attached hydrogen (secondary N) is 1. The van der Waals surface area contributed by atoms with Crippen LogP contribution in [0.3, 0.4) is 0 Å². The maximum Gasteiger partial charge on any atom is 0.328 e. The lowest BCUT2D eigenvalue weighted by Crippen LogP contribution is -2.18. The van der Waals surface area contributed by atoms with E-state index in [1.54, 1.807) is 19.2 Å². The molecule has 1 aromatic rings. The van der Waals surface area contributed by atoms with E-state index < -0.39 is 5.97 Å². The summed E-state index contributed by atoms with van der Waals surface area (Å²) >= 11 is 0. The summed E-state index contributed by atoms with van der Waals surface area (Å²) in [5.41, 5.74) is 2.34. The third-order valence-electron chi connectivity index (χ3n) is 2.94. The summed E-state index contributed by atoms with van der Waals surface area (Å²) in [7, 11) is 1.61. The average Bonchev–Trinajstić information content (AvgIpc) is 2.39. The number of methoxy groups -OCH3 is 1.